The monoisotopic (exact) mass is 317 g/mol. The molecule has 1 N–H and O–H groups in total. The number of benzene rings is 1. The predicted octanol–water partition coefficient (Wildman–Crippen LogP) is 2.48. The van der Waals surface area contributed by atoms with Crippen LogP contribution >= 0.6 is 0 Å². The van der Waals surface area contributed by atoms with Crippen LogP contribution in [0, 0.1) is 5.41 Å². The summed E-state index contributed by atoms with van der Waals surface area (Å²) < 4.78 is 5.20. The van der Waals surface area contributed by atoms with Crippen LogP contribution in [0.3, 0.4) is 0 Å². The van der Waals surface area contributed by atoms with Gasteiger partial charge in [0, 0.05) is 12.1 Å². The second-order valence-corrected chi connectivity index (χ2v) is 6.60. The summed E-state index contributed by atoms with van der Waals surface area (Å²) in [5.41, 5.74) is 0.144. The van der Waals surface area contributed by atoms with Gasteiger partial charge in [-0.25, -0.2) is 0 Å². The van der Waals surface area contributed by atoms with Gasteiger partial charge in [0.1, 0.15) is 5.75 Å². The molecule has 0 aromatic heterocycles. The van der Waals surface area contributed by atoms with Crippen molar-refractivity contribution >= 4 is 11.9 Å². The van der Waals surface area contributed by atoms with E-state index in [2.05, 4.69) is 0 Å². The molecule has 124 valence electrons. The van der Waals surface area contributed by atoms with E-state index in [1.54, 1.807) is 7.11 Å². The Bertz CT molecular complexity index is 629. The molecule has 0 radical (unpaired) electrons. The van der Waals surface area contributed by atoms with E-state index in [-0.39, 0.29) is 18.0 Å². The Labute approximate surface area is 136 Å². The Morgan fingerprint density at radius 1 is 1.39 bits per heavy atom. The SMILES string of the molecule is CC[C@@]1(C(=O)O)C[C@@H]2CC[C@H]1N2C(=O)Cc1cccc(OC)c1. The number of nitrogens with zero attached hydrogens (tertiary/aromatic N) is 1. The number of fused-ring (bicyclic) bond motifs is 2. The second-order valence-electron chi connectivity index (χ2n) is 6.60. The normalized spacial score (nSPS) is 28.9. The summed E-state index contributed by atoms with van der Waals surface area (Å²) in [5.74, 6) is 0.00171. The average molecular weight is 317 g/mol. The van der Waals surface area contributed by atoms with Crippen LogP contribution < -0.4 is 4.74 Å². The molecule has 1 aromatic rings. The molecule has 3 atom stereocenters. The average Bonchev–Trinajstić information content (AvgIpc) is 3.11. The lowest BCUT2D eigenvalue weighted by molar-refractivity contribution is -0.151. The summed E-state index contributed by atoms with van der Waals surface area (Å²) in [6, 6.07) is 7.40. The van der Waals surface area contributed by atoms with E-state index in [1.807, 2.05) is 36.1 Å². The third-order valence-corrected chi connectivity index (χ3v) is 5.57. The van der Waals surface area contributed by atoms with Crippen molar-refractivity contribution in [2.45, 2.75) is 51.1 Å². The molecule has 2 saturated heterocycles. The van der Waals surface area contributed by atoms with E-state index in [9.17, 15) is 14.7 Å². The Morgan fingerprint density at radius 3 is 2.78 bits per heavy atom. The van der Waals surface area contributed by atoms with Crippen LogP contribution in [0.15, 0.2) is 24.3 Å². The summed E-state index contributed by atoms with van der Waals surface area (Å²) in [4.78, 5) is 26.5. The zero-order valence-corrected chi connectivity index (χ0v) is 13.6. The van der Waals surface area contributed by atoms with Gasteiger partial charge in [-0.15, -0.1) is 0 Å². The van der Waals surface area contributed by atoms with E-state index in [0.717, 1.165) is 24.2 Å². The van der Waals surface area contributed by atoms with Gasteiger partial charge >= 0.3 is 5.97 Å². The van der Waals surface area contributed by atoms with E-state index in [1.165, 1.54) is 0 Å². The standard InChI is InChI=1S/C18H23NO4/c1-3-18(17(21)22)11-13-7-8-15(18)19(13)16(20)10-12-5-4-6-14(9-12)23-2/h4-6,9,13,15H,3,7-8,10-11H2,1-2H3,(H,21,22)/t13-,15+,18+/m0/s1. The summed E-state index contributed by atoms with van der Waals surface area (Å²) in [7, 11) is 1.60. The van der Waals surface area contributed by atoms with E-state index < -0.39 is 11.4 Å². The lowest BCUT2D eigenvalue weighted by atomic mass is 9.72. The van der Waals surface area contributed by atoms with Crippen LogP contribution in [0.2, 0.25) is 0 Å². The second kappa shape index (κ2) is 5.87. The van der Waals surface area contributed by atoms with Gasteiger partial charge in [0.15, 0.2) is 0 Å². The fourth-order valence-corrected chi connectivity index (χ4v) is 4.37. The molecule has 2 aliphatic heterocycles. The molecule has 0 aliphatic carbocycles. The van der Waals surface area contributed by atoms with Gasteiger partial charge in [-0.1, -0.05) is 19.1 Å². The first-order valence-electron chi connectivity index (χ1n) is 8.19. The number of carboxylic acids is 1. The van der Waals surface area contributed by atoms with Crippen LogP contribution in [0.5, 0.6) is 5.75 Å². The number of amides is 1. The molecule has 1 amide bonds. The smallest absolute Gasteiger partial charge is 0.311 e. The van der Waals surface area contributed by atoms with E-state index >= 15 is 0 Å². The molecule has 0 unspecified atom stereocenters. The van der Waals surface area contributed by atoms with Crippen molar-refractivity contribution in [2.24, 2.45) is 5.41 Å². The van der Waals surface area contributed by atoms with Gasteiger partial charge in [-0.3, -0.25) is 9.59 Å². The Morgan fingerprint density at radius 2 is 2.17 bits per heavy atom. The van der Waals surface area contributed by atoms with Crippen LogP contribution in [0.4, 0.5) is 0 Å². The number of ether oxygens (including phenoxy) is 1. The lowest BCUT2D eigenvalue weighted by Crippen LogP contribution is -2.45. The number of aliphatic carboxylic acids is 1. The van der Waals surface area contributed by atoms with Gasteiger partial charge in [-0.05, 0) is 43.4 Å². The largest absolute Gasteiger partial charge is 0.497 e. The Balaban J connectivity index is 1.79. The number of hydrogen-bond acceptors (Lipinski definition) is 3. The molecule has 23 heavy (non-hydrogen) atoms. The molecule has 0 saturated carbocycles. The van der Waals surface area contributed by atoms with Gasteiger partial charge in [0.05, 0.1) is 18.9 Å². The number of carbonyl (C=O) groups excluding carboxylic acids is 1. The summed E-state index contributed by atoms with van der Waals surface area (Å²) in [6.07, 6.45) is 3.18. The number of methoxy groups -OCH3 is 1. The van der Waals surface area contributed by atoms with Gasteiger partial charge in [-0.2, -0.15) is 0 Å². The highest BCUT2D eigenvalue weighted by Crippen LogP contribution is 2.52. The van der Waals surface area contributed by atoms with Crippen molar-refractivity contribution in [1.29, 1.82) is 0 Å². The molecule has 2 bridgehead atoms. The highest BCUT2D eigenvalue weighted by Gasteiger charge is 2.60. The molecule has 5 heteroatoms. The fraction of sp³-hybridized carbons (Fsp3) is 0.556. The fourth-order valence-electron chi connectivity index (χ4n) is 4.37. The van der Waals surface area contributed by atoms with Crippen LogP contribution in [0.25, 0.3) is 0 Å². The maximum atomic E-state index is 12.8. The molecule has 1 aromatic carbocycles. The summed E-state index contributed by atoms with van der Waals surface area (Å²) >= 11 is 0. The van der Waals surface area contributed by atoms with Crippen LogP contribution in [-0.4, -0.2) is 41.1 Å². The van der Waals surface area contributed by atoms with Crippen LogP contribution in [-0.2, 0) is 16.0 Å². The zero-order chi connectivity index (χ0) is 16.6. The van der Waals surface area contributed by atoms with Crippen molar-refractivity contribution in [1.82, 2.24) is 4.90 Å². The van der Waals surface area contributed by atoms with Crippen LogP contribution in [0.1, 0.15) is 38.2 Å². The van der Waals surface area contributed by atoms with Crippen molar-refractivity contribution in [3.8, 4) is 5.75 Å². The van der Waals surface area contributed by atoms with Crippen molar-refractivity contribution in [3.05, 3.63) is 29.8 Å². The maximum Gasteiger partial charge on any atom is 0.311 e. The minimum absolute atomic E-state index is 0.0299. The first kappa shape index (κ1) is 15.8. The first-order valence-corrected chi connectivity index (χ1v) is 8.19. The lowest BCUT2D eigenvalue weighted by Gasteiger charge is -2.32. The third kappa shape index (κ3) is 2.48. The molecule has 0 spiro atoms. The zero-order valence-electron chi connectivity index (χ0n) is 13.6. The van der Waals surface area contributed by atoms with Crippen molar-refractivity contribution in [3.63, 3.8) is 0 Å². The summed E-state index contributed by atoms with van der Waals surface area (Å²) in [6.45, 7) is 1.92. The minimum atomic E-state index is -0.758. The Kier molecular flexibility index (Phi) is 4.04. The summed E-state index contributed by atoms with van der Waals surface area (Å²) in [5, 5.41) is 9.69. The maximum absolute atomic E-state index is 12.8. The van der Waals surface area contributed by atoms with Crippen molar-refractivity contribution in [2.75, 3.05) is 7.11 Å². The third-order valence-electron chi connectivity index (χ3n) is 5.57. The topological polar surface area (TPSA) is 66.8 Å². The molecular weight excluding hydrogens is 294 g/mol. The number of rotatable bonds is 5. The molecule has 2 heterocycles. The minimum Gasteiger partial charge on any atom is -0.497 e. The first-order chi connectivity index (χ1) is 11.0. The number of carbonyl (C=O) groups is 2. The van der Waals surface area contributed by atoms with E-state index in [0.29, 0.717) is 19.3 Å². The van der Waals surface area contributed by atoms with Crippen molar-refractivity contribution < 1.29 is 19.4 Å². The number of carboxylic acid groups (broad SMARTS) is 1. The molecular formula is C18H23NO4. The quantitative estimate of drug-likeness (QED) is 0.906. The molecule has 5 nitrogen and oxygen atoms in total. The van der Waals surface area contributed by atoms with Gasteiger partial charge in [0.2, 0.25) is 5.91 Å². The highest BCUT2D eigenvalue weighted by molar-refractivity contribution is 5.84. The molecule has 3 rings (SSSR count). The number of hydrogen-bond donors (Lipinski definition) is 1. The highest BCUT2D eigenvalue weighted by atomic mass is 16.5. The molecule has 2 fully saturated rings. The van der Waals surface area contributed by atoms with Gasteiger partial charge in [0.25, 0.3) is 0 Å². The van der Waals surface area contributed by atoms with Gasteiger partial charge < -0.3 is 14.7 Å². The van der Waals surface area contributed by atoms with E-state index in [4.69, 9.17) is 4.74 Å². The molecule has 2 aliphatic rings. The Hall–Kier alpha value is -2.04. The predicted molar refractivity (Wildman–Crippen MR) is 85.3 cm³/mol.